The molecular formula is C12H17N5O. The van der Waals surface area contributed by atoms with E-state index in [0.29, 0.717) is 12.4 Å². The average molecular weight is 247 g/mol. The summed E-state index contributed by atoms with van der Waals surface area (Å²) in [5.41, 5.74) is 1.20. The van der Waals surface area contributed by atoms with Gasteiger partial charge in [0.15, 0.2) is 5.82 Å². The number of rotatable bonds is 7. The van der Waals surface area contributed by atoms with Crippen molar-refractivity contribution >= 4 is 0 Å². The molecule has 18 heavy (non-hydrogen) atoms. The summed E-state index contributed by atoms with van der Waals surface area (Å²) in [6, 6.07) is 8.07. The molecule has 0 spiro atoms. The number of benzene rings is 1. The van der Waals surface area contributed by atoms with E-state index in [0.717, 1.165) is 25.3 Å². The van der Waals surface area contributed by atoms with Gasteiger partial charge < -0.3 is 10.1 Å². The van der Waals surface area contributed by atoms with Crippen LogP contribution in [0.5, 0.6) is 5.75 Å². The smallest absolute Gasteiger partial charge is 0.188 e. The Hall–Kier alpha value is -1.95. The van der Waals surface area contributed by atoms with Gasteiger partial charge >= 0.3 is 0 Å². The Morgan fingerprint density at radius 1 is 1.22 bits per heavy atom. The van der Waals surface area contributed by atoms with Gasteiger partial charge in [0.25, 0.3) is 0 Å². The van der Waals surface area contributed by atoms with E-state index >= 15 is 0 Å². The molecule has 0 aliphatic heterocycles. The van der Waals surface area contributed by atoms with Crippen molar-refractivity contribution in [1.82, 2.24) is 25.9 Å². The maximum Gasteiger partial charge on any atom is 0.188 e. The molecule has 6 nitrogen and oxygen atoms in total. The molecule has 0 saturated heterocycles. The summed E-state index contributed by atoms with van der Waals surface area (Å²) in [5.74, 6) is 1.58. The zero-order chi connectivity index (χ0) is 12.6. The van der Waals surface area contributed by atoms with Crippen LogP contribution in [0.1, 0.15) is 24.7 Å². The van der Waals surface area contributed by atoms with Crippen LogP contribution in [0.2, 0.25) is 0 Å². The monoisotopic (exact) mass is 247 g/mol. The van der Waals surface area contributed by atoms with Crippen molar-refractivity contribution in [2.45, 2.75) is 26.4 Å². The molecule has 1 aromatic heterocycles. The van der Waals surface area contributed by atoms with Crippen molar-refractivity contribution in [1.29, 1.82) is 0 Å². The highest BCUT2D eigenvalue weighted by Crippen LogP contribution is 2.12. The Morgan fingerprint density at radius 2 is 2.06 bits per heavy atom. The third-order valence-corrected chi connectivity index (χ3v) is 2.40. The fraction of sp³-hybridized carbons (Fsp3) is 0.417. The standard InChI is InChI=1S/C12H17N5O/c1-2-7-18-11-5-3-10(4-6-11)8-13-9-12-14-16-17-15-12/h3-6,13H,2,7-9H2,1H3,(H,14,15,16,17). The van der Waals surface area contributed by atoms with Crippen molar-refractivity contribution in [3.05, 3.63) is 35.7 Å². The lowest BCUT2D eigenvalue weighted by Gasteiger charge is -2.06. The van der Waals surface area contributed by atoms with Crippen LogP contribution in [-0.2, 0) is 13.1 Å². The SMILES string of the molecule is CCCOc1ccc(CNCc2nn[nH]n2)cc1. The van der Waals surface area contributed by atoms with Crippen molar-refractivity contribution in [3.8, 4) is 5.75 Å². The quantitative estimate of drug-likeness (QED) is 0.770. The molecule has 2 rings (SSSR count). The molecule has 0 saturated carbocycles. The Kier molecular flexibility index (Phi) is 4.66. The molecule has 96 valence electrons. The maximum absolute atomic E-state index is 5.52. The van der Waals surface area contributed by atoms with Crippen LogP contribution in [0.15, 0.2) is 24.3 Å². The highest BCUT2D eigenvalue weighted by molar-refractivity contribution is 5.27. The molecule has 2 N–H and O–H groups in total. The van der Waals surface area contributed by atoms with Gasteiger partial charge in [0.2, 0.25) is 0 Å². The van der Waals surface area contributed by atoms with E-state index < -0.39 is 0 Å². The number of hydrogen-bond acceptors (Lipinski definition) is 5. The predicted octanol–water partition coefficient (Wildman–Crippen LogP) is 1.28. The van der Waals surface area contributed by atoms with E-state index in [1.165, 1.54) is 5.56 Å². The first kappa shape index (κ1) is 12.5. The fourth-order valence-corrected chi connectivity index (χ4v) is 1.50. The van der Waals surface area contributed by atoms with E-state index in [4.69, 9.17) is 4.74 Å². The van der Waals surface area contributed by atoms with E-state index in [9.17, 15) is 0 Å². The van der Waals surface area contributed by atoms with Crippen LogP contribution in [0.25, 0.3) is 0 Å². The van der Waals surface area contributed by atoms with Gasteiger partial charge in [-0.15, -0.1) is 10.2 Å². The van der Waals surface area contributed by atoms with Crippen LogP contribution in [-0.4, -0.2) is 27.2 Å². The van der Waals surface area contributed by atoms with Crippen LogP contribution in [0, 0.1) is 0 Å². The van der Waals surface area contributed by atoms with Crippen molar-refractivity contribution in [2.24, 2.45) is 0 Å². The third-order valence-electron chi connectivity index (χ3n) is 2.40. The summed E-state index contributed by atoms with van der Waals surface area (Å²) >= 11 is 0. The second kappa shape index (κ2) is 6.70. The number of aromatic nitrogens is 4. The van der Waals surface area contributed by atoms with Crippen molar-refractivity contribution in [2.75, 3.05) is 6.61 Å². The number of hydrogen-bond donors (Lipinski definition) is 2. The largest absolute Gasteiger partial charge is 0.494 e. The Labute approximate surface area is 106 Å². The number of nitrogens with zero attached hydrogens (tertiary/aromatic N) is 3. The predicted molar refractivity (Wildman–Crippen MR) is 66.9 cm³/mol. The molecular weight excluding hydrogens is 230 g/mol. The van der Waals surface area contributed by atoms with Crippen LogP contribution >= 0.6 is 0 Å². The number of nitrogens with one attached hydrogen (secondary N) is 2. The molecule has 1 aromatic carbocycles. The first-order chi connectivity index (χ1) is 8.88. The minimum atomic E-state index is 0.602. The van der Waals surface area contributed by atoms with Crippen molar-refractivity contribution < 1.29 is 4.74 Å². The van der Waals surface area contributed by atoms with E-state index in [2.05, 4.69) is 32.9 Å². The van der Waals surface area contributed by atoms with Gasteiger partial charge in [-0.2, -0.15) is 5.21 Å². The molecule has 0 amide bonds. The molecule has 6 heteroatoms. The number of ether oxygens (including phenoxy) is 1. The van der Waals surface area contributed by atoms with Crippen molar-refractivity contribution in [3.63, 3.8) is 0 Å². The first-order valence-corrected chi connectivity index (χ1v) is 6.03. The molecule has 0 unspecified atom stereocenters. The summed E-state index contributed by atoms with van der Waals surface area (Å²) in [7, 11) is 0. The summed E-state index contributed by atoms with van der Waals surface area (Å²) in [6.07, 6.45) is 1.02. The van der Waals surface area contributed by atoms with Gasteiger partial charge in [-0.1, -0.05) is 24.3 Å². The molecule has 0 fully saturated rings. The second-order valence-corrected chi connectivity index (χ2v) is 3.92. The van der Waals surface area contributed by atoms with Gasteiger partial charge in [-0.25, -0.2) is 0 Å². The molecule has 0 radical (unpaired) electrons. The number of tetrazole rings is 1. The summed E-state index contributed by atoms with van der Waals surface area (Å²) in [4.78, 5) is 0. The molecule has 0 bridgehead atoms. The van der Waals surface area contributed by atoms with Gasteiger partial charge in [0.05, 0.1) is 13.2 Å². The summed E-state index contributed by atoms with van der Waals surface area (Å²) in [6.45, 7) is 4.22. The van der Waals surface area contributed by atoms with Gasteiger partial charge in [-0.3, -0.25) is 0 Å². The lowest BCUT2D eigenvalue weighted by Crippen LogP contribution is -2.13. The molecule has 1 heterocycles. The highest BCUT2D eigenvalue weighted by atomic mass is 16.5. The molecule has 0 aliphatic rings. The number of H-pyrrole nitrogens is 1. The Bertz CT molecular complexity index is 440. The maximum atomic E-state index is 5.52. The van der Waals surface area contributed by atoms with Crippen LogP contribution in [0.3, 0.4) is 0 Å². The van der Waals surface area contributed by atoms with Crippen LogP contribution in [0.4, 0.5) is 0 Å². The van der Waals surface area contributed by atoms with E-state index in [-0.39, 0.29) is 0 Å². The fourth-order valence-electron chi connectivity index (χ4n) is 1.50. The molecule has 2 aromatic rings. The minimum Gasteiger partial charge on any atom is -0.494 e. The highest BCUT2D eigenvalue weighted by Gasteiger charge is 1.98. The zero-order valence-electron chi connectivity index (χ0n) is 10.4. The topological polar surface area (TPSA) is 75.7 Å². The second-order valence-electron chi connectivity index (χ2n) is 3.92. The van der Waals surface area contributed by atoms with E-state index in [1.807, 2.05) is 24.3 Å². The van der Waals surface area contributed by atoms with Crippen LogP contribution < -0.4 is 10.1 Å². The Balaban J connectivity index is 1.75. The lowest BCUT2D eigenvalue weighted by atomic mass is 10.2. The normalized spacial score (nSPS) is 10.5. The van der Waals surface area contributed by atoms with Gasteiger partial charge in [0.1, 0.15) is 5.75 Å². The first-order valence-electron chi connectivity index (χ1n) is 6.03. The number of aromatic amines is 1. The molecule has 0 atom stereocenters. The summed E-state index contributed by atoms with van der Waals surface area (Å²) in [5, 5.41) is 16.9. The zero-order valence-corrected chi connectivity index (χ0v) is 10.4. The summed E-state index contributed by atoms with van der Waals surface area (Å²) < 4.78 is 5.52. The molecule has 0 aliphatic carbocycles. The van der Waals surface area contributed by atoms with E-state index in [1.54, 1.807) is 0 Å². The Morgan fingerprint density at radius 3 is 2.72 bits per heavy atom. The lowest BCUT2D eigenvalue weighted by molar-refractivity contribution is 0.317. The average Bonchev–Trinajstić information content (AvgIpc) is 2.91. The van der Waals surface area contributed by atoms with Gasteiger partial charge in [-0.05, 0) is 24.1 Å². The van der Waals surface area contributed by atoms with Gasteiger partial charge in [0, 0.05) is 6.54 Å². The third kappa shape index (κ3) is 3.81. The minimum absolute atomic E-state index is 0.602.